The van der Waals surface area contributed by atoms with Crippen LogP contribution < -0.4 is 10.6 Å². The molecule has 1 unspecified atom stereocenters. The van der Waals surface area contributed by atoms with Gasteiger partial charge < -0.3 is 20.1 Å². The summed E-state index contributed by atoms with van der Waals surface area (Å²) in [6.45, 7) is 7.08. The van der Waals surface area contributed by atoms with Gasteiger partial charge in [0, 0.05) is 18.3 Å². The maximum absolute atomic E-state index is 12.2. The number of benzene rings is 1. The third-order valence-corrected chi connectivity index (χ3v) is 3.28. The number of esters is 1. The van der Waals surface area contributed by atoms with Crippen molar-refractivity contribution in [3.05, 3.63) is 41.6 Å². The molecule has 148 valence electrons. The van der Waals surface area contributed by atoms with Gasteiger partial charge in [-0.15, -0.1) is 0 Å². The van der Waals surface area contributed by atoms with Crippen molar-refractivity contribution in [1.82, 2.24) is 5.32 Å². The van der Waals surface area contributed by atoms with Crippen LogP contribution in [0.25, 0.3) is 0 Å². The molecule has 0 bridgehead atoms. The van der Waals surface area contributed by atoms with Gasteiger partial charge in [0.05, 0.1) is 6.61 Å². The number of nitrogens with one attached hydrogen (secondary N) is 2. The lowest BCUT2D eigenvalue weighted by atomic mass is 10.1. The SMILES string of the molecule is CCOC(=O)C(Cc1ccc(NC=C(C#N)C#N)cc1)NC(=O)OC(C)(C)C. The molecule has 1 amide bonds. The van der Waals surface area contributed by atoms with Crippen molar-refractivity contribution < 1.29 is 19.1 Å². The van der Waals surface area contributed by atoms with Crippen molar-refractivity contribution in [3.8, 4) is 12.1 Å². The molecule has 1 aromatic carbocycles. The number of carbonyl (C=O) groups is 2. The van der Waals surface area contributed by atoms with E-state index in [1.54, 1.807) is 64.1 Å². The first kappa shape index (κ1) is 22.5. The number of rotatable bonds is 7. The molecule has 0 heterocycles. The fourth-order valence-corrected chi connectivity index (χ4v) is 2.10. The van der Waals surface area contributed by atoms with Crippen molar-refractivity contribution in [1.29, 1.82) is 10.5 Å². The van der Waals surface area contributed by atoms with Gasteiger partial charge in [0.2, 0.25) is 0 Å². The standard InChI is InChI=1S/C20H24N4O4/c1-5-27-18(25)17(24-19(26)28-20(2,3)4)10-14-6-8-16(9-7-14)23-13-15(11-21)12-22/h6-9,13,17,23H,5,10H2,1-4H3,(H,24,26). The molecule has 0 spiro atoms. The summed E-state index contributed by atoms with van der Waals surface area (Å²) >= 11 is 0. The molecule has 0 fully saturated rings. The van der Waals surface area contributed by atoms with Crippen molar-refractivity contribution in [3.63, 3.8) is 0 Å². The van der Waals surface area contributed by atoms with E-state index in [9.17, 15) is 9.59 Å². The maximum atomic E-state index is 12.2. The molecule has 0 saturated carbocycles. The highest BCUT2D eigenvalue weighted by molar-refractivity contribution is 5.81. The van der Waals surface area contributed by atoms with Gasteiger partial charge in [-0.3, -0.25) is 0 Å². The van der Waals surface area contributed by atoms with E-state index in [4.69, 9.17) is 20.0 Å². The van der Waals surface area contributed by atoms with Gasteiger partial charge in [0.15, 0.2) is 0 Å². The van der Waals surface area contributed by atoms with Crippen LogP contribution in [-0.4, -0.2) is 30.3 Å². The van der Waals surface area contributed by atoms with Crippen LogP contribution in [0.5, 0.6) is 0 Å². The number of nitrogens with zero attached hydrogens (tertiary/aromatic N) is 2. The minimum atomic E-state index is -0.891. The summed E-state index contributed by atoms with van der Waals surface area (Å²) in [4.78, 5) is 24.2. The quantitative estimate of drug-likeness (QED) is 0.547. The third kappa shape index (κ3) is 8.24. The first-order valence-corrected chi connectivity index (χ1v) is 8.70. The van der Waals surface area contributed by atoms with Crippen LogP contribution >= 0.6 is 0 Å². The number of carbonyl (C=O) groups excluding carboxylic acids is 2. The summed E-state index contributed by atoms with van der Waals surface area (Å²) in [5, 5.41) is 22.8. The first-order valence-electron chi connectivity index (χ1n) is 8.70. The zero-order valence-corrected chi connectivity index (χ0v) is 16.4. The molecule has 2 N–H and O–H groups in total. The summed E-state index contributed by atoms with van der Waals surface area (Å²) in [5.41, 5.74) is 0.715. The number of allylic oxidation sites excluding steroid dienone is 1. The van der Waals surface area contributed by atoms with Crippen LogP contribution in [0, 0.1) is 22.7 Å². The van der Waals surface area contributed by atoms with Crippen LogP contribution in [0.15, 0.2) is 36.0 Å². The molecule has 1 rings (SSSR count). The second-order valence-corrected chi connectivity index (χ2v) is 6.78. The third-order valence-electron chi connectivity index (χ3n) is 3.28. The van der Waals surface area contributed by atoms with Gasteiger partial charge in [-0.25, -0.2) is 9.59 Å². The number of hydrogen-bond acceptors (Lipinski definition) is 7. The maximum Gasteiger partial charge on any atom is 0.408 e. The Morgan fingerprint density at radius 3 is 2.29 bits per heavy atom. The normalized spacial score (nSPS) is 11.2. The minimum Gasteiger partial charge on any atom is -0.464 e. The lowest BCUT2D eigenvalue weighted by molar-refractivity contribution is -0.145. The van der Waals surface area contributed by atoms with Gasteiger partial charge in [0.1, 0.15) is 29.4 Å². The first-order chi connectivity index (χ1) is 13.2. The molecule has 0 radical (unpaired) electrons. The molecule has 0 aromatic heterocycles. The molecule has 1 atom stereocenters. The second-order valence-electron chi connectivity index (χ2n) is 6.78. The predicted octanol–water partition coefficient (Wildman–Crippen LogP) is 3.03. The minimum absolute atomic E-state index is 0.0481. The van der Waals surface area contributed by atoms with Gasteiger partial charge in [-0.1, -0.05) is 12.1 Å². The van der Waals surface area contributed by atoms with Gasteiger partial charge in [0.25, 0.3) is 0 Å². The molecule has 8 heteroatoms. The zero-order valence-electron chi connectivity index (χ0n) is 16.4. The number of anilines is 1. The fraction of sp³-hybridized carbons (Fsp3) is 0.400. The highest BCUT2D eigenvalue weighted by Crippen LogP contribution is 2.13. The van der Waals surface area contributed by atoms with Crippen LogP contribution in [0.4, 0.5) is 10.5 Å². The van der Waals surface area contributed by atoms with E-state index in [-0.39, 0.29) is 18.6 Å². The number of nitriles is 2. The van der Waals surface area contributed by atoms with Crippen molar-refractivity contribution >= 4 is 17.7 Å². The lowest BCUT2D eigenvalue weighted by Gasteiger charge is -2.23. The summed E-state index contributed by atoms with van der Waals surface area (Å²) in [5.74, 6) is -0.550. The van der Waals surface area contributed by atoms with E-state index in [0.29, 0.717) is 5.69 Å². The second kappa shape index (κ2) is 10.6. The largest absolute Gasteiger partial charge is 0.464 e. The van der Waals surface area contributed by atoms with Crippen LogP contribution in [0.3, 0.4) is 0 Å². The molecule has 1 aromatic rings. The zero-order chi connectivity index (χ0) is 21.2. The highest BCUT2D eigenvalue weighted by Gasteiger charge is 2.25. The molecular weight excluding hydrogens is 360 g/mol. The molecule has 0 aliphatic rings. The van der Waals surface area contributed by atoms with Crippen LogP contribution in [0.1, 0.15) is 33.3 Å². The average Bonchev–Trinajstić information content (AvgIpc) is 2.62. The van der Waals surface area contributed by atoms with Crippen molar-refractivity contribution in [2.24, 2.45) is 0 Å². The van der Waals surface area contributed by atoms with E-state index in [1.165, 1.54) is 6.20 Å². The molecule has 0 aliphatic carbocycles. The predicted molar refractivity (Wildman–Crippen MR) is 103 cm³/mol. The molecule has 0 aliphatic heterocycles. The smallest absolute Gasteiger partial charge is 0.408 e. The topological polar surface area (TPSA) is 124 Å². The molecule has 8 nitrogen and oxygen atoms in total. The Morgan fingerprint density at radius 1 is 1.18 bits per heavy atom. The van der Waals surface area contributed by atoms with Crippen LogP contribution in [0.2, 0.25) is 0 Å². The van der Waals surface area contributed by atoms with Crippen molar-refractivity contribution in [2.75, 3.05) is 11.9 Å². The number of hydrogen-bond donors (Lipinski definition) is 2. The summed E-state index contributed by atoms with van der Waals surface area (Å²) in [6, 6.07) is 9.60. The van der Waals surface area contributed by atoms with E-state index in [1.807, 2.05) is 0 Å². The van der Waals surface area contributed by atoms with Gasteiger partial charge >= 0.3 is 12.1 Å². The summed E-state index contributed by atoms with van der Waals surface area (Å²) in [7, 11) is 0. The Labute approximate surface area is 164 Å². The summed E-state index contributed by atoms with van der Waals surface area (Å²) < 4.78 is 10.2. The number of amides is 1. The Morgan fingerprint density at radius 2 is 1.79 bits per heavy atom. The Balaban J connectivity index is 2.84. The fourth-order valence-electron chi connectivity index (χ4n) is 2.10. The van der Waals surface area contributed by atoms with Gasteiger partial charge in [-0.05, 0) is 45.4 Å². The number of ether oxygens (including phenoxy) is 2. The highest BCUT2D eigenvalue weighted by atomic mass is 16.6. The molecule has 0 saturated heterocycles. The van der Waals surface area contributed by atoms with Crippen LogP contribution in [-0.2, 0) is 20.7 Å². The van der Waals surface area contributed by atoms with E-state index < -0.39 is 23.7 Å². The Hall–Kier alpha value is -3.52. The average molecular weight is 384 g/mol. The molecule has 28 heavy (non-hydrogen) atoms. The number of alkyl carbamates (subject to hydrolysis) is 1. The van der Waals surface area contributed by atoms with Gasteiger partial charge in [-0.2, -0.15) is 10.5 Å². The van der Waals surface area contributed by atoms with Crippen molar-refractivity contribution in [2.45, 2.75) is 45.8 Å². The van der Waals surface area contributed by atoms with E-state index >= 15 is 0 Å². The van der Waals surface area contributed by atoms with E-state index in [0.717, 1.165) is 5.56 Å². The monoisotopic (exact) mass is 384 g/mol. The van der Waals surface area contributed by atoms with E-state index in [2.05, 4.69) is 10.6 Å². The Bertz CT molecular complexity index is 779. The summed E-state index contributed by atoms with van der Waals surface area (Å²) in [6.07, 6.45) is 0.825. The Kier molecular flexibility index (Phi) is 8.51. The molecular formula is C20H24N4O4. The lowest BCUT2D eigenvalue weighted by Crippen LogP contribution is -2.45.